The van der Waals surface area contributed by atoms with Crippen molar-refractivity contribution >= 4 is 0 Å². The average Bonchev–Trinajstić information content (AvgIpc) is 2.47. The molecule has 1 atom stereocenters. The number of hydrogen-bond acceptors (Lipinski definition) is 4. The Morgan fingerprint density at radius 1 is 1.38 bits per heavy atom. The van der Waals surface area contributed by atoms with E-state index in [1.807, 2.05) is 25.1 Å². The van der Waals surface area contributed by atoms with Crippen LogP contribution in [0.2, 0.25) is 0 Å². The molecule has 4 nitrogen and oxygen atoms in total. The zero-order chi connectivity index (χ0) is 15.4. The second-order valence-electron chi connectivity index (χ2n) is 6.22. The summed E-state index contributed by atoms with van der Waals surface area (Å²) in [5.41, 5.74) is 2.03. The van der Waals surface area contributed by atoms with Crippen molar-refractivity contribution in [2.24, 2.45) is 0 Å². The topological polar surface area (TPSA) is 35.9 Å². The summed E-state index contributed by atoms with van der Waals surface area (Å²) < 4.78 is 5.27. The molecular formula is C17H28N2O2. The third-order valence-electron chi connectivity index (χ3n) is 4.58. The number of benzene rings is 1. The molecule has 1 aliphatic rings. The first-order valence-electron chi connectivity index (χ1n) is 7.72. The Labute approximate surface area is 128 Å². The number of ether oxygens (including phenoxy) is 1. The number of methoxy groups -OCH3 is 1. The van der Waals surface area contributed by atoms with Crippen LogP contribution in [0.4, 0.5) is 0 Å². The van der Waals surface area contributed by atoms with Crippen LogP contribution in [-0.2, 0) is 0 Å². The van der Waals surface area contributed by atoms with E-state index in [9.17, 15) is 5.11 Å². The van der Waals surface area contributed by atoms with Gasteiger partial charge in [0.15, 0.2) is 0 Å². The van der Waals surface area contributed by atoms with Crippen molar-refractivity contribution in [3.8, 4) is 5.75 Å². The van der Waals surface area contributed by atoms with E-state index in [1.54, 1.807) is 7.11 Å². The lowest BCUT2D eigenvalue weighted by molar-refractivity contribution is 0.0788. The molecule has 0 aromatic heterocycles. The van der Waals surface area contributed by atoms with Gasteiger partial charge in [0.2, 0.25) is 0 Å². The van der Waals surface area contributed by atoms with E-state index >= 15 is 0 Å². The fraction of sp³-hybridized carbons (Fsp3) is 0.647. The molecule has 1 aliphatic heterocycles. The quantitative estimate of drug-likeness (QED) is 0.901. The van der Waals surface area contributed by atoms with Gasteiger partial charge < -0.3 is 19.6 Å². The number of hydrogen-bond donors (Lipinski definition) is 1. The van der Waals surface area contributed by atoms with Crippen molar-refractivity contribution in [1.82, 2.24) is 9.80 Å². The predicted octanol–water partition coefficient (Wildman–Crippen LogP) is 2.06. The molecule has 0 aliphatic carbocycles. The van der Waals surface area contributed by atoms with Gasteiger partial charge in [-0.2, -0.15) is 0 Å². The number of nitrogens with zero attached hydrogens (tertiary/aromatic N) is 2. The molecule has 1 N–H and O–H groups in total. The Bertz CT molecular complexity index is 456. The molecule has 0 bridgehead atoms. The SMILES string of the molecule is COc1ccc(C(O)CN(C)C2CCN(C)CC2)cc1C. The summed E-state index contributed by atoms with van der Waals surface area (Å²) in [7, 11) is 5.97. The van der Waals surface area contributed by atoms with Gasteiger partial charge in [0.1, 0.15) is 5.75 Å². The third-order valence-corrected chi connectivity index (χ3v) is 4.58. The zero-order valence-electron chi connectivity index (χ0n) is 13.7. The van der Waals surface area contributed by atoms with Gasteiger partial charge in [0, 0.05) is 12.6 Å². The van der Waals surface area contributed by atoms with Gasteiger partial charge in [-0.25, -0.2) is 0 Å². The van der Waals surface area contributed by atoms with Crippen LogP contribution in [-0.4, -0.2) is 61.8 Å². The molecule has 0 radical (unpaired) electrons. The Morgan fingerprint density at radius 3 is 2.62 bits per heavy atom. The smallest absolute Gasteiger partial charge is 0.121 e. The van der Waals surface area contributed by atoms with Crippen molar-refractivity contribution in [2.75, 3.05) is 40.8 Å². The minimum absolute atomic E-state index is 0.445. The van der Waals surface area contributed by atoms with Crippen molar-refractivity contribution in [3.63, 3.8) is 0 Å². The highest BCUT2D eigenvalue weighted by Gasteiger charge is 2.22. The number of likely N-dealkylation sites (N-methyl/N-ethyl adjacent to an activating group) is 1. The van der Waals surface area contributed by atoms with E-state index in [2.05, 4.69) is 23.9 Å². The van der Waals surface area contributed by atoms with E-state index in [-0.39, 0.29) is 0 Å². The predicted molar refractivity (Wildman–Crippen MR) is 85.8 cm³/mol. The molecule has 1 saturated heterocycles. The Kier molecular flexibility index (Phi) is 5.62. The molecule has 1 heterocycles. The van der Waals surface area contributed by atoms with Crippen LogP contribution in [0.1, 0.15) is 30.1 Å². The number of aryl methyl sites for hydroxylation is 1. The Morgan fingerprint density at radius 2 is 2.05 bits per heavy atom. The summed E-state index contributed by atoms with van der Waals surface area (Å²) >= 11 is 0. The molecule has 118 valence electrons. The van der Waals surface area contributed by atoms with Crippen LogP contribution < -0.4 is 4.74 Å². The minimum atomic E-state index is -0.445. The van der Waals surface area contributed by atoms with E-state index in [0.29, 0.717) is 12.6 Å². The van der Waals surface area contributed by atoms with E-state index in [1.165, 1.54) is 12.8 Å². The highest BCUT2D eigenvalue weighted by atomic mass is 16.5. The van der Waals surface area contributed by atoms with Gasteiger partial charge in [-0.3, -0.25) is 0 Å². The Hall–Kier alpha value is -1.10. The summed E-state index contributed by atoms with van der Waals surface area (Å²) in [4.78, 5) is 4.67. The van der Waals surface area contributed by atoms with Gasteiger partial charge in [-0.15, -0.1) is 0 Å². The first-order chi connectivity index (χ1) is 10.0. The van der Waals surface area contributed by atoms with Gasteiger partial charge in [-0.05, 0) is 70.2 Å². The van der Waals surface area contributed by atoms with E-state index in [4.69, 9.17) is 4.74 Å². The maximum atomic E-state index is 10.5. The maximum absolute atomic E-state index is 10.5. The number of piperidine rings is 1. The van der Waals surface area contributed by atoms with Crippen molar-refractivity contribution in [3.05, 3.63) is 29.3 Å². The molecule has 1 aromatic rings. The minimum Gasteiger partial charge on any atom is -0.496 e. The largest absolute Gasteiger partial charge is 0.496 e. The summed E-state index contributed by atoms with van der Waals surface area (Å²) in [6.07, 6.45) is 1.92. The second-order valence-corrected chi connectivity index (χ2v) is 6.22. The lowest BCUT2D eigenvalue weighted by Crippen LogP contribution is -2.43. The highest BCUT2D eigenvalue weighted by molar-refractivity contribution is 5.37. The fourth-order valence-corrected chi connectivity index (χ4v) is 3.07. The van der Waals surface area contributed by atoms with Crippen LogP contribution in [0, 0.1) is 6.92 Å². The average molecular weight is 292 g/mol. The van der Waals surface area contributed by atoms with Crippen LogP contribution in [0.15, 0.2) is 18.2 Å². The first kappa shape index (κ1) is 16.3. The maximum Gasteiger partial charge on any atom is 0.121 e. The number of aliphatic hydroxyl groups is 1. The second kappa shape index (κ2) is 7.25. The number of aliphatic hydroxyl groups excluding tert-OH is 1. The molecule has 0 saturated carbocycles. The molecule has 0 spiro atoms. The van der Waals surface area contributed by atoms with Gasteiger partial charge in [0.25, 0.3) is 0 Å². The molecule has 0 amide bonds. The molecule has 1 fully saturated rings. The summed E-state index contributed by atoms with van der Waals surface area (Å²) in [5, 5.41) is 10.5. The molecule has 4 heteroatoms. The molecule has 1 unspecified atom stereocenters. The fourth-order valence-electron chi connectivity index (χ4n) is 3.07. The third kappa shape index (κ3) is 4.19. The summed E-state index contributed by atoms with van der Waals surface area (Å²) in [6.45, 7) is 4.98. The van der Waals surface area contributed by atoms with E-state index < -0.39 is 6.10 Å². The van der Waals surface area contributed by atoms with Crippen molar-refractivity contribution in [2.45, 2.75) is 31.9 Å². The van der Waals surface area contributed by atoms with Crippen LogP contribution in [0.5, 0.6) is 5.75 Å². The molecule has 21 heavy (non-hydrogen) atoms. The van der Waals surface area contributed by atoms with Crippen molar-refractivity contribution < 1.29 is 9.84 Å². The lowest BCUT2D eigenvalue weighted by atomic mass is 10.0. The lowest BCUT2D eigenvalue weighted by Gasteiger charge is -2.36. The van der Waals surface area contributed by atoms with Gasteiger partial charge >= 0.3 is 0 Å². The van der Waals surface area contributed by atoms with Crippen LogP contribution in [0.25, 0.3) is 0 Å². The highest BCUT2D eigenvalue weighted by Crippen LogP contribution is 2.24. The van der Waals surface area contributed by atoms with Gasteiger partial charge in [-0.1, -0.05) is 6.07 Å². The van der Waals surface area contributed by atoms with Gasteiger partial charge in [0.05, 0.1) is 13.2 Å². The van der Waals surface area contributed by atoms with Crippen molar-refractivity contribution in [1.29, 1.82) is 0 Å². The van der Waals surface area contributed by atoms with Crippen LogP contribution in [0.3, 0.4) is 0 Å². The standard InChI is InChI=1S/C17H28N2O2/c1-13-11-14(5-6-17(13)21-4)16(20)12-19(3)15-7-9-18(2)10-8-15/h5-6,11,15-16,20H,7-10,12H2,1-4H3. The number of rotatable bonds is 5. The summed E-state index contributed by atoms with van der Waals surface area (Å²) in [6, 6.07) is 6.49. The molecule has 2 rings (SSSR count). The monoisotopic (exact) mass is 292 g/mol. The normalized spacial score (nSPS) is 19.0. The Balaban J connectivity index is 1.94. The van der Waals surface area contributed by atoms with E-state index in [0.717, 1.165) is 30.0 Å². The number of likely N-dealkylation sites (tertiary alicyclic amines) is 1. The van der Waals surface area contributed by atoms with Crippen LogP contribution >= 0.6 is 0 Å². The summed E-state index contributed by atoms with van der Waals surface area (Å²) in [5.74, 6) is 0.870. The first-order valence-corrected chi connectivity index (χ1v) is 7.72. The zero-order valence-corrected chi connectivity index (χ0v) is 13.7. The molecular weight excluding hydrogens is 264 g/mol. The molecule has 1 aromatic carbocycles.